The first-order valence-electron chi connectivity index (χ1n) is 7.27. The van der Waals surface area contributed by atoms with Crippen LogP contribution in [0.3, 0.4) is 0 Å². The molecule has 7 heteroatoms. The Balaban J connectivity index is 1.70. The maximum absolute atomic E-state index is 12.5. The highest BCUT2D eigenvalue weighted by atomic mass is 32.2. The van der Waals surface area contributed by atoms with Crippen molar-refractivity contribution in [1.29, 1.82) is 0 Å². The number of aromatic nitrogens is 3. The molecule has 2 aromatic heterocycles. The van der Waals surface area contributed by atoms with Crippen molar-refractivity contribution >= 4 is 9.84 Å². The van der Waals surface area contributed by atoms with Crippen molar-refractivity contribution in [3.63, 3.8) is 0 Å². The Morgan fingerprint density at radius 1 is 1.29 bits per heavy atom. The van der Waals surface area contributed by atoms with Gasteiger partial charge >= 0.3 is 0 Å². The Morgan fingerprint density at radius 3 is 2.62 bits per heavy atom. The average Bonchev–Trinajstić information content (AvgIpc) is 3.35. The van der Waals surface area contributed by atoms with Gasteiger partial charge in [-0.3, -0.25) is 0 Å². The number of sulfone groups is 1. The van der Waals surface area contributed by atoms with E-state index < -0.39 is 9.84 Å². The monoisotopic (exact) mass is 307 g/mol. The molecule has 2 saturated carbocycles. The van der Waals surface area contributed by atoms with Crippen LogP contribution >= 0.6 is 0 Å². The lowest BCUT2D eigenvalue weighted by atomic mass is 10.4. The second-order valence-electron chi connectivity index (χ2n) is 5.95. The largest absolute Gasteiger partial charge is 0.468 e. The van der Waals surface area contributed by atoms with E-state index in [0.29, 0.717) is 23.5 Å². The minimum Gasteiger partial charge on any atom is -0.468 e. The molecule has 0 saturated heterocycles. The predicted octanol–water partition coefficient (Wildman–Crippen LogP) is 2.37. The Morgan fingerprint density at radius 2 is 2.05 bits per heavy atom. The molecule has 2 fully saturated rings. The quantitative estimate of drug-likeness (QED) is 0.847. The van der Waals surface area contributed by atoms with Crippen LogP contribution < -0.4 is 0 Å². The number of aryl methyl sites for hydroxylation is 1. The summed E-state index contributed by atoms with van der Waals surface area (Å²) in [5, 5.41) is 8.42. The van der Waals surface area contributed by atoms with Gasteiger partial charge in [0, 0.05) is 12.0 Å². The summed E-state index contributed by atoms with van der Waals surface area (Å²) < 4.78 is 32.2. The van der Waals surface area contributed by atoms with Crippen molar-refractivity contribution in [2.75, 3.05) is 0 Å². The zero-order valence-electron chi connectivity index (χ0n) is 11.8. The van der Waals surface area contributed by atoms with E-state index in [4.69, 9.17) is 4.42 Å². The van der Waals surface area contributed by atoms with Gasteiger partial charge in [-0.15, -0.1) is 10.2 Å². The molecule has 6 nitrogen and oxygen atoms in total. The summed E-state index contributed by atoms with van der Waals surface area (Å²) in [6.45, 7) is 1.66. The molecule has 4 rings (SSSR count). The molecular weight excluding hydrogens is 290 g/mol. The van der Waals surface area contributed by atoms with Crippen LogP contribution in [0.4, 0.5) is 0 Å². The van der Waals surface area contributed by atoms with Crippen LogP contribution in [-0.2, 0) is 15.6 Å². The van der Waals surface area contributed by atoms with Gasteiger partial charge in [0.15, 0.2) is 9.84 Å². The van der Waals surface area contributed by atoms with Crippen molar-refractivity contribution in [3.05, 3.63) is 29.7 Å². The number of rotatable bonds is 5. The first-order chi connectivity index (χ1) is 10.1. The van der Waals surface area contributed by atoms with Crippen molar-refractivity contribution in [3.8, 4) is 0 Å². The molecule has 21 heavy (non-hydrogen) atoms. The lowest BCUT2D eigenvalue weighted by Gasteiger charge is -2.08. The molecule has 0 aliphatic heterocycles. The standard InChI is InChI=1S/C14H17N3O3S/c1-9-12(6-7-20-9)21(18,19)8-13-15-16-14(10-2-3-10)17(13)11-4-5-11/h6-7,10-11H,2-5,8H2,1H3. The van der Waals surface area contributed by atoms with Crippen LogP contribution in [0.15, 0.2) is 21.6 Å². The van der Waals surface area contributed by atoms with Gasteiger partial charge in [-0.2, -0.15) is 0 Å². The molecule has 2 heterocycles. The summed E-state index contributed by atoms with van der Waals surface area (Å²) in [5.74, 6) is 2.34. The Labute approximate surface area is 123 Å². The van der Waals surface area contributed by atoms with Crippen LogP contribution in [0.5, 0.6) is 0 Å². The molecule has 0 atom stereocenters. The van der Waals surface area contributed by atoms with Crippen molar-refractivity contribution in [1.82, 2.24) is 14.8 Å². The molecule has 0 spiro atoms. The fourth-order valence-electron chi connectivity index (χ4n) is 2.73. The minimum atomic E-state index is -3.44. The predicted molar refractivity (Wildman–Crippen MR) is 74.6 cm³/mol. The van der Waals surface area contributed by atoms with Gasteiger partial charge < -0.3 is 8.98 Å². The zero-order valence-corrected chi connectivity index (χ0v) is 12.6. The second kappa shape index (κ2) is 4.43. The lowest BCUT2D eigenvalue weighted by Crippen LogP contribution is -2.12. The number of furan rings is 1. The SMILES string of the molecule is Cc1occc1S(=O)(=O)Cc1nnc(C2CC2)n1C1CC1. The highest BCUT2D eigenvalue weighted by Crippen LogP contribution is 2.45. The van der Waals surface area contributed by atoms with E-state index in [1.54, 1.807) is 6.92 Å². The van der Waals surface area contributed by atoms with Gasteiger partial charge in [0.25, 0.3) is 0 Å². The van der Waals surface area contributed by atoms with Gasteiger partial charge in [-0.25, -0.2) is 8.42 Å². The average molecular weight is 307 g/mol. The van der Waals surface area contributed by atoms with E-state index in [1.165, 1.54) is 12.3 Å². The van der Waals surface area contributed by atoms with E-state index in [-0.39, 0.29) is 10.6 Å². The molecule has 0 amide bonds. The molecule has 0 N–H and O–H groups in total. The minimum absolute atomic E-state index is 0.108. The Hall–Kier alpha value is -1.63. The van der Waals surface area contributed by atoms with E-state index in [2.05, 4.69) is 14.8 Å². The fraction of sp³-hybridized carbons (Fsp3) is 0.571. The number of hydrogen-bond acceptors (Lipinski definition) is 5. The first-order valence-corrected chi connectivity index (χ1v) is 8.92. The molecule has 0 bridgehead atoms. The summed E-state index contributed by atoms with van der Waals surface area (Å²) in [5.41, 5.74) is 0. The smallest absolute Gasteiger partial charge is 0.189 e. The zero-order chi connectivity index (χ0) is 14.6. The molecular formula is C14H17N3O3S. The molecule has 2 aromatic rings. The summed E-state index contributed by atoms with van der Waals surface area (Å²) >= 11 is 0. The molecule has 0 aromatic carbocycles. The molecule has 112 valence electrons. The highest BCUT2D eigenvalue weighted by Gasteiger charge is 2.37. The van der Waals surface area contributed by atoms with Crippen LogP contribution in [0, 0.1) is 6.92 Å². The third kappa shape index (κ3) is 2.29. The van der Waals surface area contributed by atoms with Crippen LogP contribution in [-0.4, -0.2) is 23.2 Å². The Bertz CT molecular complexity index is 782. The van der Waals surface area contributed by atoms with Gasteiger partial charge in [-0.05, 0) is 38.7 Å². The maximum Gasteiger partial charge on any atom is 0.189 e. The molecule has 2 aliphatic rings. The summed E-state index contributed by atoms with van der Waals surface area (Å²) in [6, 6.07) is 1.90. The van der Waals surface area contributed by atoms with Crippen molar-refractivity contribution in [2.24, 2.45) is 0 Å². The second-order valence-corrected chi connectivity index (χ2v) is 7.91. The summed E-state index contributed by atoms with van der Waals surface area (Å²) in [6.07, 6.45) is 5.87. The van der Waals surface area contributed by atoms with Crippen LogP contribution in [0.1, 0.15) is 55.1 Å². The van der Waals surface area contributed by atoms with E-state index in [1.807, 2.05) is 0 Å². The number of nitrogens with zero attached hydrogens (tertiary/aromatic N) is 3. The summed E-state index contributed by atoms with van der Waals surface area (Å²) in [7, 11) is -3.44. The fourth-order valence-corrected chi connectivity index (χ4v) is 4.17. The van der Waals surface area contributed by atoms with Crippen LogP contribution in [0.2, 0.25) is 0 Å². The van der Waals surface area contributed by atoms with Crippen molar-refractivity contribution < 1.29 is 12.8 Å². The molecule has 2 aliphatic carbocycles. The van der Waals surface area contributed by atoms with Crippen LogP contribution in [0.25, 0.3) is 0 Å². The number of hydrogen-bond donors (Lipinski definition) is 0. The summed E-state index contributed by atoms with van der Waals surface area (Å²) in [4.78, 5) is 0.251. The van der Waals surface area contributed by atoms with Gasteiger partial charge in [0.2, 0.25) is 0 Å². The van der Waals surface area contributed by atoms with E-state index in [9.17, 15) is 8.42 Å². The van der Waals surface area contributed by atoms with Gasteiger partial charge in [-0.1, -0.05) is 0 Å². The van der Waals surface area contributed by atoms with Gasteiger partial charge in [0.1, 0.15) is 28.1 Å². The van der Waals surface area contributed by atoms with Gasteiger partial charge in [0.05, 0.1) is 6.26 Å². The third-order valence-electron chi connectivity index (χ3n) is 4.11. The third-order valence-corrected chi connectivity index (χ3v) is 5.84. The lowest BCUT2D eigenvalue weighted by molar-refractivity contribution is 0.522. The highest BCUT2D eigenvalue weighted by molar-refractivity contribution is 7.90. The molecule has 0 unspecified atom stereocenters. The Kier molecular flexibility index (Phi) is 2.76. The molecule has 0 radical (unpaired) electrons. The maximum atomic E-state index is 12.5. The first kappa shape index (κ1) is 13.1. The van der Waals surface area contributed by atoms with Crippen molar-refractivity contribution in [2.45, 2.75) is 55.2 Å². The van der Waals surface area contributed by atoms with E-state index >= 15 is 0 Å². The van der Waals surface area contributed by atoms with E-state index in [0.717, 1.165) is 31.5 Å². The normalized spacial score (nSPS) is 19.1. The topological polar surface area (TPSA) is 78.0 Å².